The van der Waals surface area contributed by atoms with E-state index in [0.717, 1.165) is 6.08 Å². The van der Waals surface area contributed by atoms with Gasteiger partial charge < -0.3 is 24.1 Å². The summed E-state index contributed by atoms with van der Waals surface area (Å²) in [5, 5.41) is 17.6. The van der Waals surface area contributed by atoms with Gasteiger partial charge in [0.1, 0.15) is 24.2 Å². The standard InChI is InChI=1S/C13H16O7/c1-8(3-12(16)19-7-9(15)6-14)11-4-10(18-2)5-13(17)20-11/h3-5,9,14-15H,6-7H2,1-2H3. The second-order valence-corrected chi connectivity index (χ2v) is 3.97. The van der Waals surface area contributed by atoms with Crippen molar-refractivity contribution >= 4 is 11.5 Å². The summed E-state index contributed by atoms with van der Waals surface area (Å²) < 4.78 is 14.5. The van der Waals surface area contributed by atoms with Gasteiger partial charge in [-0.05, 0) is 12.5 Å². The number of carbonyl (C=O) groups is 1. The molecule has 1 atom stereocenters. The minimum atomic E-state index is -1.12. The number of methoxy groups -OCH3 is 1. The molecule has 1 unspecified atom stereocenters. The first-order valence-electron chi connectivity index (χ1n) is 5.79. The number of esters is 1. The highest BCUT2D eigenvalue weighted by Crippen LogP contribution is 2.17. The van der Waals surface area contributed by atoms with Crippen LogP contribution in [0.15, 0.2) is 27.4 Å². The second kappa shape index (κ2) is 7.46. The van der Waals surface area contributed by atoms with Crippen LogP contribution in [0.1, 0.15) is 12.7 Å². The molecule has 1 heterocycles. The van der Waals surface area contributed by atoms with Crippen molar-refractivity contribution in [1.29, 1.82) is 0 Å². The molecule has 0 aliphatic carbocycles. The van der Waals surface area contributed by atoms with E-state index >= 15 is 0 Å². The highest BCUT2D eigenvalue weighted by atomic mass is 16.5. The molecule has 0 aliphatic heterocycles. The maximum Gasteiger partial charge on any atom is 0.339 e. The van der Waals surface area contributed by atoms with Crippen molar-refractivity contribution in [2.45, 2.75) is 13.0 Å². The SMILES string of the molecule is COc1cc(C(C)=CC(=O)OCC(O)CO)oc(=O)c1. The van der Waals surface area contributed by atoms with E-state index in [9.17, 15) is 9.59 Å². The van der Waals surface area contributed by atoms with E-state index in [1.165, 1.54) is 19.2 Å². The van der Waals surface area contributed by atoms with Gasteiger partial charge in [-0.1, -0.05) is 0 Å². The van der Waals surface area contributed by atoms with E-state index in [1.807, 2.05) is 0 Å². The Hall–Kier alpha value is -2.12. The van der Waals surface area contributed by atoms with E-state index in [2.05, 4.69) is 0 Å². The molecule has 0 spiro atoms. The number of hydrogen-bond donors (Lipinski definition) is 2. The molecule has 0 bridgehead atoms. The van der Waals surface area contributed by atoms with Crippen LogP contribution < -0.4 is 10.4 Å². The van der Waals surface area contributed by atoms with E-state index in [1.54, 1.807) is 6.92 Å². The Morgan fingerprint density at radius 2 is 2.20 bits per heavy atom. The molecule has 7 heteroatoms. The molecule has 0 radical (unpaired) electrons. The zero-order chi connectivity index (χ0) is 15.1. The van der Waals surface area contributed by atoms with E-state index in [-0.39, 0.29) is 12.4 Å². The smallest absolute Gasteiger partial charge is 0.339 e. The second-order valence-electron chi connectivity index (χ2n) is 3.97. The summed E-state index contributed by atoms with van der Waals surface area (Å²) in [4.78, 5) is 22.7. The molecule has 0 aromatic carbocycles. The Morgan fingerprint density at radius 1 is 1.50 bits per heavy atom. The van der Waals surface area contributed by atoms with Gasteiger partial charge in [-0.2, -0.15) is 0 Å². The lowest BCUT2D eigenvalue weighted by atomic mass is 10.2. The van der Waals surface area contributed by atoms with Crippen molar-refractivity contribution in [2.24, 2.45) is 0 Å². The van der Waals surface area contributed by atoms with Gasteiger partial charge in [0.25, 0.3) is 0 Å². The van der Waals surface area contributed by atoms with Gasteiger partial charge in [-0.15, -0.1) is 0 Å². The molecular weight excluding hydrogens is 268 g/mol. The molecule has 20 heavy (non-hydrogen) atoms. The van der Waals surface area contributed by atoms with Crippen LogP contribution in [0.2, 0.25) is 0 Å². The van der Waals surface area contributed by atoms with Crippen molar-refractivity contribution in [1.82, 2.24) is 0 Å². The molecule has 0 saturated carbocycles. The predicted octanol–water partition coefficient (Wildman–Crippen LogP) is -0.0519. The fraction of sp³-hybridized carbons (Fsp3) is 0.385. The zero-order valence-electron chi connectivity index (χ0n) is 11.2. The van der Waals surface area contributed by atoms with Gasteiger partial charge >= 0.3 is 11.6 Å². The van der Waals surface area contributed by atoms with Crippen LogP contribution in [0.4, 0.5) is 0 Å². The summed E-state index contributed by atoms with van der Waals surface area (Å²) in [6.07, 6.45) is -0.00987. The Bertz CT molecular complexity index is 544. The first kappa shape index (κ1) is 15.9. The number of ether oxygens (including phenoxy) is 2. The maximum atomic E-state index is 11.4. The van der Waals surface area contributed by atoms with Crippen LogP contribution in [0.5, 0.6) is 5.75 Å². The fourth-order valence-corrected chi connectivity index (χ4v) is 1.29. The first-order chi connectivity index (χ1) is 9.46. The third-order valence-electron chi connectivity index (χ3n) is 2.33. The van der Waals surface area contributed by atoms with E-state index in [0.29, 0.717) is 11.3 Å². The normalized spacial score (nSPS) is 12.9. The quantitative estimate of drug-likeness (QED) is 0.557. The van der Waals surface area contributed by atoms with Gasteiger partial charge in [0.2, 0.25) is 0 Å². The number of aliphatic hydroxyl groups is 2. The summed E-state index contributed by atoms with van der Waals surface area (Å²) in [5.74, 6) is -0.234. The van der Waals surface area contributed by atoms with Crippen molar-refractivity contribution in [3.8, 4) is 5.75 Å². The third-order valence-corrected chi connectivity index (χ3v) is 2.33. The number of allylic oxidation sites excluding steroid dienone is 1. The predicted molar refractivity (Wildman–Crippen MR) is 69.2 cm³/mol. The minimum absolute atomic E-state index is 0.175. The molecule has 0 amide bonds. The summed E-state index contributed by atoms with van der Waals surface area (Å²) in [5.41, 5.74) is -0.236. The molecule has 7 nitrogen and oxygen atoms in total. The molecule has 110 valence electrons. The van der Waals surface area contributed by atoms with E-state index < -0.39 is 24.3 Å². The lowest BCUT2D eigenvalue weighted by Crippen LogP contribution is -2.21. The summed E-state index contributed by atoms with van der Waals surface area (Å²) >= 11 is 0. The highest BCUT2D eigenvalue weighted by molar-refractivity contribution is 5.90. The lowest BCUT2D eigenvalue weighted by Gasteiger charge is -2.07. The van der Waals surface area contributed by atoms with E-state index in [4.69, 9.17) is 24.1 Å². The van der Waals surface area contributed by atoms with Gasteiger partial charge in [0.05, 0.1) is 19.8 Å². The van der Waals surface area contributed by atoms with Gasteiger partial charge in [0.15, 0.2) is 0 Å². The van der Waals surface area contributed by atoms with Crippen LogP contribution in [-0.2, 0) is 9.53 Å². The molecule has 0 fully saturated rings. The summed E-state index contributed by atoms with van der Waals surface area (Å²) in [6.45, 7) is 0.739. The van der Waals surface area contributed by atoms with Crippen LogP contribution in [-0.4, -0.2) is 42.6 Å². The molecule has 0 saturated heterocycles. The third kappa shape index (κ3) is 4.87. The molecule has 2 N–H and O–H groups in total. The van der Waals surface area contributed by atoms with Crippen LogP contribution in [0, 0.1) is 0 Å². The molecule has 1 aromatic heterocycles. The van der Waals surface area contributed by atoms with Crippen molar-refractivity contribution < 1.29 is 28.9 Å². The fourth-order valence-electron chi connectivity index (χ4n) is 1.29. The average molecular weight is 284 g/mol. The summed E-state index contributed by atoms with van der Waals surface area (Å²) in [6, 6.07) is 2.63. The van der Waals surface area contributed by atoms with Crippen molar-refractivity contribution in [3.05, 3.63) is 34.4 Å². The molecule has 1 aromatic rings. The van der Waals surface area contributed by atoms with Gasteiger partial charge in [-0.25, -0.2) is 9.59 Å². The average Bonchev–Trinajstić information content (AvgIpc) is 2.43. The summed E-state index contributed by atoms with van der Waals surface area (Å²) in [7, 11) is 1.40. The minimum Gasteiger partial charge on any atom is -0.496 e. The maximum absolute atomic E-state index is 11.4. The number of rotatable bonds is 6. The van der Waals surface area contributed by atoms with Crippen molar-refractivity contribution in [2.75, 3.05) is 20.3 Å². The van der Waals surface area contributed by atoms with Crippen molar-refractivity contribution in [3.63, 3.8) is 0 Å². The number of aliphatic hydroxyl groups excluding tert-OH is 2. The van der Waals surface area contributed by atoms with Crippen LogP contribution in [0.25, 0.3) is 5.57 Å². The highest BCUT2D eigenvalue weighted by Gasteiger charge is 2.09. The van der Waals surface area contributed by atoms with Crippen LogP contribution >= 0.6 is 0 Å². The van der Waals surface area contributed by atoms with Gasteiger partial charge in [-0.3, -0.25) is 0 Å². The Morgan fingerprint density at radius 3 is 2.80 bits per heavy atom. The van der Waals surface area contributed by atoms with Crippen LogP contribution in [0.3, 0.4) is 0 Å². The Labute approximate surface area is 115 Å². The molecule has 1 rings (SSSR count). The number of hydrogen-bond acceptors (Lipinski definition) is 7. The monoisotopic (exact) mass is 284 g/mol. The Kier molecular flexibility index (Phi) is 5.95. The molecular formula is C13H16O7. The topological polar surface area (TPSA) is 106 Å². The first-order valence-corrected chi connectivity index (χ1v) is 5.79. The zero-order valence-corrected chi connectivity index (χ0v) is 11.2. The molecule has 0 aliphatic rings. The largest absolute Gasteiger partial charge is 0.496 e. The number of carbonyl (C=O) groups excluding carboxylic acids is 1. The van der Waals surface area contributed by atoms with Gasteiger partial charge in [0, 0.05) is 12.1 Å². The lowest BCUT2D eigenvalue weighted by molar-refractivity contribution is -0.141. The Balaban J connectivity index is 2.80.